The standard InChI is InChI=1S/C23H19FN6O2/c24-17-4-1-3-16(13-17)22(31)29-8-10-30(11-9-29)23-27-14-18(19-15-25-6-7-26-19)21(28-23)20-5-2-12-32-20/h1-7,12-15H,8-11H2. The van der Waals surface area contributed by atoms with Crippen molar-refractivity contribution in [2.24, 2.45) is 0 Å². The molecule has 32 heavy (non-hydrogen) atoms. The molecule has 1 saturated heterocycles. The van der Waals surface area contributed by atoms with Gasteiger partial charge in [0.25, 0.3) is 5.91 Å². The van der Waals surface area contributed by atoms with E-state index in [2.05, 4.69) is 15.0 Å². The third-order valence-corrected chi connectivity index (χ3v) is 5.29. The van der Waals surface area contributed by atoms with Crippen LogP contribution in [0.3, 0.4) is 0 Å². The fourth-order valence-electron chi connectivity index (χ4n) is 3.67. The molecule has 1 aliphatic heterocycles. The Balaban J connectivity index is 1.37. The highest BCUT2D eigenvalue weighted by molar-refractivity contribution is 5.94. The van der Waals surface area contributed by atoms with Crippen LogP contribution < -0.4 is 4.90 Å². The minimum atomic E-state index is -0.420. The first kappa shape index (κ1) is 19.8. The number of hydrogen-bond acceptors (Lipinski definition) is 7. The molecule has 1 amide bonds. The van der Waals surface area contributed by atoms with Crippen LogP contribution in [0.4, 0.5) is 10.3 Å². The third kappa shape index (κ3) is 3.92. The Labute approximate surface area is 183 Å². The molecule has 1 aliphatic rings. The second kappa shape index (κ2) is 8.54. The summed E-state index contributed by atoms with van der Waals surface area (Å²) in [7, 11) is 0. The van der Waals surface area contributed by atoms with Gasteiger partial charge in [0.05, 0.1) is 18.2 Å². The Bertz CT molecular complexity index is 1220. The Morgan fingerprint density at radius 3 is 2.59 bits per heavy atom. The van der Waals surface area contributed by atoms with Gasteiger partial charge in [-0.25, -0.2) is 14.4 Å². The van der Waals surface area contributed by atoms with Crippen molar-refractivity contribution < 1.29 is 13.6 Å². The minimum absolute atomic E-state index is 0.181. The monoisotopic (exact) mass is 430 g/mol. The number of nitrogens with zero attached hydrogens (tertiary/aromatic N) is 6. The fourth-order valence-corrected chi connectivity index (χ4v) is 3.67. The number of hydrogen-bond donors (Lipinski definition) is 0. The summed E-state index contributed by atoms with van der Waals surface area (Å²) in [5, 5.41) is 0. The maximum atomic E-state index is 13.5. The lowest BCUT2D eigenvalue weighted by Crippen LogP contribution is -2.49. The molecule has 0 unspecified atom stereocenters. The van der Waals surface area contributed by atoms with Gasteiger partial charge in [0.1, 0.15) is 11.5 Å². The zero-order chi connectivity index (χ0) is 21.9. The van der Waals surface area contributed by atoms with E-state index in [0.717, 1.165) is 5.56 Å². The summed E-state index contributed by atoms with van der Waals surface area (Å²) in [6.45, 7) is 2.09. The molecule has 0 spiro atoms. The molecule has 4 aromatic rings. The molecule has 0 radical (unpaired) electrons. The molecule has 9 heteroatoms. The van der Waals surface area contributed by atoms with E-state index in [9.17, 15) is 9.18 Å². The van der Waals surface area contributed by atoms with Crippen LogP contribution in [0, 0.1) is 5.82 Å². The number of furan rings is 1. The highest BCUT2D eigenvalue weighted by atomic mass is 19.1. The Morgan fingerprint density at radius 1 is 1.00 bits per heavy atom. The molecule has 0 N–H and O–H groups in total. The molecule has 0 bridgehead atoms. The van der Waals surface area contributed by atoms with E-state index >= 15 is 0 Å². The number of halogens is 1. The summed E-state index contributed by atoms with van der Waals surface area (Å²) in [4.78, 5) is 34.2. The maximum absolute atomic E-state index is 13.5. The Kier molecular flexibility index (Phi) is 5.29. The lowest BCUT2D eigenvalue weighted by Gasteiger charge is -2.35. The van der Waals surface area contributed by atoms with Crippen molar-refractivity contribution >= 4 is 11.9 Å². The Morgan fingerprint density at radius 2 is 1.88 bits per heavy atom. The normalized spacial score (nSPS) is 13.9. The van der Waals surface area contributed by atoms with Gasteiger partial charge in [-0.2, -0.15) is 0 Å². The topological polar surface area (TPSA) is 88.3 Å². The van der Waals surface area contributed by atoms with Crippen LogP contribution in [0.5, 0.6) is 0 Å². The molecule has 1 aromatic carbocycles. The van der Waals surface area contributed by atoms with Gasteiger partial charge in [-0.15, -0.1) is 0 Å². The van der Waals surface area contributed by atoms with Crippen LogP contribution in [0.25, 0.3) is 22.7 Å². The van der Waals surface area contributed by atoms with Gasteiger partial charge in [-0.05, 0) is 30.3 Å². The van der Waals surface area contributed by atoms with Gasteiger partial charge in [-0.3, -0.25) is 14.8 Å². The van der Waals surface area contributed by atoms with E-state index < -0.39 is 5.82 Å². The number of benzene rings is 1. The first-order chi connectivity index (χ1) is 15.7. The van der Waals surface area contributed by atoms with Crippen LogP contribution in [0.15, 0.2) is 71.9 Å². The second-order valence-electron chi connectivity index (χ2n) is 7.29. The molecule has 3 aromatic heterocycles. The first-order valence-corrected chi connectivity index (χ1v) is 10.2. The molecule has 5 rings (SSSR count). The number of carbonyl (C=O) groups is 1. The van der Waals surface area contributed by atoms with Crippen LogP contribution in [0.1, 0.15) is 10.4 Å². The van der Waals surface area contributed by atoms with Crippen molar-refractivity contribution in [1.82, 2.24) is 24.8 Å². The fraction of sp³-hybridized carbons (Fsp3) is 0.174. The lowest BCUT2D eigenvalue weighted by atomic mass is 10.1. The van der Waals surface area contributed by atoms with Crippen molar-refractivity contribution in [2.45, 2.75) is 0 Å². The van der Waals surface area contributed by atoms with Crippen LogP contribution >= 0.6 is 0 Å². The number of aromatic nitrogens is 4. The van der Waals surface area contributed by atoms with Crippen molar-refractivity contribution in [2.75, 3.05) is 31.1 Å². The number of anilines is 1. The molecule has 8 nitrogen and oxygen atoms in total. The van der Waals surface area contributed by atoms with E-state index in [0.29, 0.717) is 54.8 Å². The van der Waals surface area contributed by atoms with Crippen molar-refractivity contribution in [1.29, 1.82) is 0 Å². The summed E-state index contributed by atoms with van der Waals surface area (Å²) in [6.07, 6.45) is 8.18. The van der Waals surface area contributed by atoms with Crippen LogP contribution in [0.2, 0.25) is 0 Å². The van der Waals surface area contributed by atoms with Crippen molar-refractivity contribution in [3.63, 3.8) is 0 Å². The van der Waals surface area contributed by atoms with E-state index in [1.54, 1.807) is 54.1 Å². The molecule has 0 saturated carbocycles. The smallest absolute Gasteiger partial charge is 0.254 e. The molecule has 4 heterocycles. The molecular formula is C23H19FN6O2. The SMILES string of the molecule is O=C(c1cccc(F)c1)N1CCN(c2ncc(-c3cnccn3)c(-c3ccco3)n2)CC1. The van der Waals surface area contributed by atoms with E-state index in [4.69, 9.17) is 9.40 Å². The summed E-state index contributed by atoms with van der Waals surface area (Å²) < 4.78 is 19.1. The maximum Gasteiger partial charge on any atom is 0.254 e. The van der Waals surface area contributed by atoms with Crippen LogP contribution in [-0.4, -0.2) is 56.9 Å². The Hall–Kier alpha value is -4.14. The van der Waals surface area contributed by atoms with E-state index in [1.165, 1.54) is 12.1 Å². The molecular weight excluding hydrogens is 411 g/mol. The van der Waals surface area contributed by atoms with Crippen molar-refractivity contribution in [3.8, 4) is 22.7 Å². The number of carbonyl (C=O) groups excluding carboxylic acids is 1. The summed E-state index contributed by atoms with van der Waals surface area (Å²) in [5.74, 6) is 0.548. The largest absolute Gasteiger partial charge is 0.463 e. The molecule has 0 aliphatic carbocycles. The van der Waals surface area contributed by atoms with Gasteiger partial charge in [0.2, 0.25) is 5.95 Å². The van der Waals surface area contributed by atoms with E-state index in [-0.39, 0.29) is 5.91 Å². The first-order valence-electron chi connectivity index (χ1n) is 10.2. The molecule has 0 atom stereocenters. The van der Waals surface area contributed by atoms with Gasteiger partial charge >= 0.3 is 0 Å². The van der Waals surface area contributed by atoms with Gasteiger partial charge in [-0.1, -0.05) is 6.07 Å². The molecule has 1 fully saturated rings. The third-order valence-electron chi connectivity index (χ3n) is 5.29. The predicted molar refractivity (Wildman–Crippen MR) is 115 cm³/mol. The van der Waals surface area contributed by atoms with E-state index in [1.807, 2.05) is 11.0 Å². The number of piperazine rings is 1. The van der Waals surface area contributed by atoms with Gasteiger partial charge in [0, 0.05) is 55.9 Å². The number of amides is 1. The zero-order valence-electron chi connectivity index (χ0n) is 17.1. The zero-order valence-corrected chi connectivity index (χ0v) is 17.1. The van der Waals surface area contributed by atoms with Gasteiger partial charge in [0.15, 0.2) is 5.76 Å². The predicted octanol–water partition coefficient (Wildman–Crippen LogP) is 3.30. The summed E-state index contributed by atoms with van der Waals surface area (Å²) in [5.41, 5.74) is 2.34. The lowest BCUT2D eigenvalue weighted by molar-refractivity contribution is 0.0745. The van der Waals surface area contributed by atoms with Gasteiger partial charge < -0.3 is 14.2 Å². The average Bonchev–Trinajstić information content (AvgIpc) is 3.39. The average molecular weight is 430 g/mol. The quantitative estimate of drug-likeness (QED) is 0.491. The number of rotatable bonds is 4. The minimum Gasteiger partial charge on any atom is -0.463 e. The van der Waals surface area contributed by atoms with Crippen molar-refractivity contribution in [3.05, 3.63) is 78.8 Å². The summed E-state index contributed by atoms with van der Waals surface area (Å²) >= 11 is 0. The van der Waals surface area contributed by atoms with Crippen LogP contribution in [-0.2, 0) is 0 Å². The second-order valence-corrected chi connectivity index (χ2v) is 7.29. The highest BCUT2D eigenvalue weighted by Crippen LogP contribution is 2.30. The highest BCUT2D eigenvalue weighted by Gasteiger charge is 2.25. The molecule has 160 valence electrons. The summed E-state index contributed by atoms with van der Waals surface area (Å²) in [6, 6.07) is 9.39.